The van der Waals surface area contributed by atoms with Crippen LogP contribution < -0.4 is 10.2 Å². The topological polar surface area (TPSA) is 32.3 Å². The number of carbonyl (C=O) groups excluding carboxylic acids is 1. The van der Waals surface area contributed by atoms with Gasteiger partial charge in [0.1, 0.15) is 0 Å². The minimum absolute atomic E-state index is 0.0203. The molecule has 2 bridgehead atoms. The minimum Gasteiger partial charge on any atom is -0.334 e. The van der Waals surface area contributed by atoms with Crippen LogP contribution in [0.3, 0.4) is 0 Å². The zero-order valence-electron chi connectivity index (χ0n) is 15.7. The Morgan fingerprint density at radius 2 is 1.38 bits per heavy atom. The van der Waals surface area contributed by atoms with Crippen molar-refractivity contribution in [2.75, 3.05) is 4.90 Å². The van der Waals surface area contributed by atoms with E-state index < -0.39 is 0 Å². The lowest BCUT2D eigenvalue weighted by atomic mass is 9.54. The van der Waals surface area contributed by atoms with Crippen molar-refractivity contribution in [3.8, 4) is 0 Å². The minimum atomic E-state index is -0.0203. The van der Waals surface area contributed by atoms with Crippen LogP contribution in [0.5, 0.6) is 0 Å². The fraction of sp³-hybridized carbons (Fsp3) is 0.435. The Morgan fingerprint density at radius 1 is 0.885 bits per heavy atom. The first-order valence-electron chi connectivity index (χ1n) is 9.78. The van der Waals surface area contributed by atoms with Gasteiger partial charge in [-0.1, -0.05) is 50.2 Å². The number of hydrogen-bond acceptors (Lipinski definition) is 1. The Balaban J connectivity index is 1.63. The number of hydrogen-bond donors (Lipinski definition) is 1. The van der Waals surface area contributed by atoms with E-state index in [1.807, 2.05) is 60.7 Å². The number of nitrogens with zero attached hydrogens (tertiary/aromatic N) is 1. The fourth-order valence-corrected chi connectivity index (χ4v) is 5.10. The molecule has 3 aliphatic rings. The second kappa shape index (κ2) is 6.79. The van der Waals surface area contributed by atoms with Crippen LogP contribution in [-0.4, -0.2) is 12.1 Å². The summed E-state index contributed by atoms with van der Waals surface area (Å²) in [5.41, 5.74) is 1.96. The second-order valence-corrected chi connectivity index (χ2v) is 8.37. The summed E-state index contributed by atoms with van der Waals surface area (Å²) in [5, 5.41) is 3.42. The Kier molecular flexibility index (Phi) is 4.47. The molecule has 3 fully saturated rings. The number of urea groups is 1. The normalized spacial score (nSPS) is 26.3. The molecule has 1 atom stereocenters. The number of carbonyl (C=O) groups is 1. The van der Waals surface area contributed by atoms with Gasteiger partial charge in [-0.25, -0.2) is 4.79 Å². The van der Waals surface area contributed by atoms with Crippen LogP contribution in [0, 0.1) is 17.3 Å². The molecule has 3 nitrogen and oxygen atoms in total. The summed E-state index contributed by atoms with van der Waals surface area (Å²) in [6, 6.07) is 20.1. The van der Waals surface area contributed by atoms with Gasteiger partial charge in [0.25, 0.3) is 0 Å². The van der Waals surface area contributed by atoms with Crippen LogP contribution in [0.25, 0.3) is 0 Å². The first-order chi connectivity index (χ1) is 12.6. The van der Waals surface area contributed by atoms with E-state index >= 15 is 0 Å². The molecule has 0 aromatic heterocycles. The van der Waals surface area contributed by atoms with Crippen LogP contribution >= 0.6 is 0 Å². The van der Waals surface area contributed by atoms with Gasteiger partial charge < -0.3 is 5.32 Å². The van der Waals surface area contributed by atoms with Crippen molar-refractivity contribution >= 4 is 17.4 Å². The maximum Gasteiger partial charge on any atom is 0.326 e. The Bertz CT molecular complexity index is 709. The quantitative estimate of drug-likeness (QED) is 0.752. The van der Waals surface area contributed by atoms with Gasteiger partial charge in [0.05, 0.1) is 11.4 Å². The van der Waals surface area contributed by atoms with Crippen LogP contribution in [0.2, 0.25) is 0 Å². The summed E-state index contributed by atoms with van der Waals surface area (Å²) in [6.45, 7) is 4.67. The highest BCUT2D eigenvalue weighted by Gasteiger charge is 2.49. The zero-order valence-corrected chi connectivity index (χ0v) is 15.7. The molecule has 0 spiro atoms. The molecule has 136 valence electrons. The van der Waals surface area contributed by atoms with Crippen molar-refractivity contribution in [2.24, 2.45) is 17.3 Å². The molecule has 3 heteroatoms. The van der Waals surface area contributed by atoms with E-state index in [1.54, 1.807) is 4.90 Å². The molecule has 26 heavy (non-hydrogen) atoms. The van der Waals surface area contributed by atoms with Gasteiger partial charge in [-0.15, -0.1) is 0 Å². The van der Waals surface area contributed by atoms with Gasteiger partial charge in [-0.2, -0.15) is 0 Å². The van der Waals surface area contributed by atoms with Crippen molar-refractivity contribution in [1.29, 1.82) is 0 Å². The molecule has 3 aliphatic carbocycles. The smallest absolute Gasteiger partial charge is 0.326 e. The highest BCUT2D eigenvalue weighted by atomic mass is 16.2. The van der Waals surface area contributed by atoms with Crippen LogP contribution in [0.1, 0.15) is 39.5 Å². The van der Waals surface area contributed by atoms with Crippen molar-refractivity contribution in [3.63, 3.8) is 0 Å². The summed E-state index contributed by atoms with van der Waals surface area (Å²) in [5.74, 6) is 1.33. The third kappa shape index (κ3) is 3.00. The highest BCUT2D eigenvalue weighted by Crippen LogP contribution is 2.52. The second-order valence-electron chi connectivity index (χ2n) is 8.37. The van der Waals surface area contributed by atoms with Crippen LogP contribution in [0.4, 0.5) is 16.2 Å². The van der Waals surface area contributed by atoms with Crippen molar-refractivity contribution in [3.05, 3.63) is 60.7 Å². The van der Waals surface area contributed by atoms with E-state index in [0.29, 0.717) is 5.92 Å². The molecule has 1 N–H and O–H groups in total. The molecule has 0 radical (unpaired) electrons. The van der Waals surface area contributed by atoms with E-state index in [4.69, 9.17) is 0 Å². The van der Waals surface area contributed by atoms with Gasteiger partial charge in [-0.05, 0) is 67.2 Å². The van der Waals surface area contributed by atoms with Crippen molar-refractivity contribution in [1.82, 2.24) is 5.32 Å². The summed E-state index contributed by atoms with van der Waals surface area (Å²) in [7, 11) is 0. The fourth-order valence-electron chi connectivity index (χ4n) is 5.10. The molecular weight excluding hydrogens is 320 g/mol. The maximum absolute atomic E-state index is 13.4. The largest absolute Gasteiger partial charge is 0.334 e. The highest BCUT2D eigenvalue weighted by molar-refractivity contribution is 5.99. The average Bonchev–Trinajstić information content (AvgIpc) is 2.67. The summed E-state index contributed by atoms with van der Waals surface area (Å²) in [4.78, 5) is 15.2. The number of para-hydroxylation sites is 2. The van der Waals surface area contributed by atoms with Gasteiger partial charge >= 0.3 is 6.03 Å². The standard InChI is InChI=1S/C23H28N2O/c1-23(2)18-15-13-17(14-16-18)21(23)24-22(26)25(19-9-5-3-6-10-19)20-11-7-4-8-12-20/h3-12,17-18,21H,13-16H2,1-2H3,(H,24,26)/t17?,18?,21-/m1/s1. The van der Waals surface area contributed by atoms with Gasteiger partial charge in [-0.3, -0.25) is 4.90 Å². The number of amides is 2. The maximum atomic E-state index is 13.4. The Morgan fingerprint density at radius 3 is 1.85 bits per heavy atom. The molecule has 2 amide bonds. The summed E-state index contributed by atoms with van der Waals surface area (Å²) >= 11 is 0. The molecule has 2 aromatic rings. The van der Waals surface area contributed by atoms with Gasteiger partial charge in [0.15, 0.2) is 0 Å². The third-order valence-electron chi connectivity index (χ3n) is 6.61. The molecule has 0 saturated heterocycles. The monoisotopic (exact) mass is 348 g/mol. The molecule has 5 rings (SSSR count). The van der Waals surface area contributed by atoms with Crippen LogP contribution in [-0.2, 0) is 0 Å². The van der Waals surface area contributed by atoms with Crippen LogP contribution in [0.15, 0.2) is 60.7 Å². The molecule has 2 aromatic carbocycles. The number of benzene rings is 2. The number of fused-ring (bicyclic) bond motifs is 3. The lowest BCUT2D eigenvalue weighted by Crippen LogP contribution is -2.59. The van der Waals surface area contributed by atoms with E-state index in [2.05, 4.69) is 19.2 Å². The Labute approximate surface area is 156 Å². The molecule has 0 unspecified atom stereocenters. The molecule has 0 aliphatic heterocycles. The van der Waals surface area contributed by atoms with Crippen molar-refractivity contribution in [2.45, 2.75) is 45.6 Å². The zero-order chi connectivity index (χ0) is 18.1. The van der Waals surface area contributed by atoms with E-state index in [9.17, 15) is 4.79 Å². The number of anilines is 2. The third-order valence-corrected chi connectivity index (χ3v) is 6.61. The van der Waals surface area contributed by atoms with Gasteiger partial charge in [0.2, 0.25) is 0 Å². The SMILES string of the molecule is CC1(C)C2CCC(CC2)[C@H]1NC(=O)N(c1ccccc1)c1ccccc1. The number of nitrogens with one attached hydrogen (secondary N) is 1. The van der Waals surface area contributed by atoms with E-state index in [-0.39, 0.29) is 17.5 Å². The average molecular weight is 348 g/mol. The van der Waals surface area contributed by atoms with Crippen molar-refractivity contribution < 1.29 is 4.79 Å². The predicted molar refractivity (Wildman–Crippen MR) is 107 cm³/mol. The summed E-state index contributed by atoms with van der Waals surface area (Å²) < 4.78 is 0. The first-order valence-corrected chi connectivity index (χ1v) is 9.78. The summed E-state index contributed by atoms with van der Waals surface area (Å²) in [6.07, 6.45) is 5.11. The van der Waals surface area contributed by atoms with E-state index in [0.717, 1.165) is 17.3 Å². The number of rotatable bonds is 3. The molecule has 0 heterocycles. The predicted octanol–water partition coefficient (Wildman–Crippen LogP) is 5.75. The molecule has 3 saturated carbocycles. The van der Waals surface area contributed by atoms with Gasteiger partial charge in [0, 0.05) is 6.04 Å². The molecular formula is C23H28N2O. The first kappa shape index (κ1) is 17.1. The Hall–Kier alpha value is -2.29. The van der Waals surface area contributed by atoms with E-state index in [1.165, 1.54) is 25.7 Å². The lowest BCUT2D eigenvalue weighted by molar-refractivity contribution is -0.00732. The lowest BCUT2D eigenvalue weighted by Gasteiger charge is -2.54.